The predicted octanol–water partition coefficient (Wildman–Crippen LogP) is 2.53. The zero-order chi connectivity index (χ0) is 26.0. The fourth-order valence-corrected chi connectivity index (χ4v) is 5.22. The first-order valence-corrected chi connectivity index (χ1v) is 12.2. The van der Waals surface area contributed by atoms with E-state index in [4.69, 9.17) is 4.74 Å². The van der Waals surface area contributed by atoms with Gasteiger partial charge in [0.15, 0.2) is 5.82 Å². The van der Waals surface area contributed by atoms with Crippen LogP contribution in [-0.2, 0) is 23.2 Å². The SMILES string of the molecule is CCC1=NC=CN(c2nnn(C)c2COC(=O)N(C)C2CC(F)(F)C2)C1[C@@H]1NCCCC1CC(=O)O. The molecule has 3 heterocycles. The third kappa shape index (κ3) is 5.35. The lowest BCUT2D eigenvalue weighted by Gasteiger charge is -2.43. The van der Waals surface area contributed by atoms with Crippen molar-refractivity contribution in [3.05, 3.63) is 18.1 Å². The van der Waals surface area contributed by atoms with Gasteiger partial charge in [-0.2, -0.15) is 0 Å². The minimum absolute atomic E-state index is 0.0419. The summed E-state index contributed by atoms with van der Waals surface area (Å²) in [5.74, 6) is -3.22. The summed E-state index contributed by atoms with van der Waals surface area (Å²) in [5.41, 5.74) is 1.40. The maximum atomic E-state index is 13.2. The minimum Gasteiger partial charge on any atom is -0.481 e. The van der Waals surface area contributed by atoms with Gasteiger partial charge in [0, 0.05) is 63.6 Å². The predicted molar refractivity (Wildman–Crippen MR) is 127 cm³/mol. The van der Waals surface area contributed by atoms with Crippen LogP contribution in [0, 0.1) is 5.92 Å². The van der Waals surface area contributed by atoms with Crippen molar-refractivity contribution in [1.82, 2.24) is 25.2 Å². The largest absolute Gasteiger partial charge is 0.481 e. The number of hydrogen-bond acceptors (Lipinski definition) is 8. The molecule has 4 rings (SSSR count). The van der Waals surface area contributed by atoms with Crippen molar-refractivity contribution in [1.29, 1.82) is 0 Å². The van der Waals surface area contributed by atoms with Crippen LogP contribution in [0.4, 0.5) is 19.4 Å². The smallest absolute Gasteiger partial charge is 0.410 e. The third-order valence-electron chi connectivity index (χ3n) is 7.29. The highest BCUT2D eigenvalue weighted by atomic mass is 19.3. The lowest BCUT2D eigenvalue weighted by atomic mass is 9.81. The number of alkyl halides is 2. The van der Waals surface area contributed by atoms with E-state index >= 15 is 0 Å². The first kappa shape index (κ1) is 26.0. The number of anilines is 1. The molecule has 0 bridgehead atoms. The summed E-state index contributed by atoms with van der Waals surface area (Å²) in [7, 11) is 3.13. The van der Waals surface area contributed by atoms with Crippen LogP contribution in [0.1, 0.15) is 51.1 Å². The number of hydrogen-bond donors (Lipinski definition) is 2. The van der Waals surface area contributed by atoms with E-state index in [1.165, 1.54) is 16.6 Å². The molecule has 0 spiro atoms. The van der Waals surface area contributed by atoms with E-state index in [2.05, 4.69) is 20.6 Å². The van der Waals surface area contributed by atoms with E-state index in [1.807, 2.05) is 11.8 Å². The number of carboxylic acids is 1. The summed E-state index contributed by atoms with van der Waals surface area (Å²) >= 11 is 0. The summed E-state index contributed by atoms with van der Waals surface area (Å²) in [4.78, 5) is 31.8. The average Bonchev–Trinajstić information content (AvgIpc) is 3.20. The van der Waals surface area contributed by atoms with Gasteiger partial charge in [-0.05, 0) is 31.7 Å². The summed E-state index contributed by atoms with van der Waals surface area (Å²) in [5, 5.41) is 21.4. The van der Waals surface area contributed by atoms with Gasteiger partial charge >= 0.3 is 12.1 Å². The van der Waals surface area contributed by atoms with E-state index in [0.29, 0.717) is 17.9 Å². The molecule has 2 fully saturated rings. The molecule has 1 aliphatic carbocycles. The average molecular weight is 510 g/mol. The second kappa shape index (κ2) is 10.5. The van der Waals surface area contributed by atoms with Crippen LogP contribution in [0.15, 0.2) is 17.4 Å². The molecular formula is C23H33F2N7O4. The van der Waals surface area contributed by atoms with Gasteiger partial charge in [0.1, 0.15) is 12.3 Å². The van der Waals surface area contributed by atoms with Gasteiger partial charge in [-0.1, -0.05) is 12.1 Å². The van der Waals surface area contributed by atoms with Crippen molar-refractivity contribution in [2.45, 2.75) is 76.1 Å². The maximum absolute atomic E-state index is 13.2. The van der Waals surface area contributed by atoms with Crippen LogP contribution in [-0.4, -0.2) is 80.4 Å². The lowest BCUT2D eigenvalue weighted by Crippen LogP contribution is -2.59. The highest BCUT2D eigenvalue weighted by Gasteiger charge is 2.48. The molecule has 1 amide bonds. The Bertz CT molecular complexity index is 1040. The summed E-state index contributed by atoms with van der Waals surface area (Å²) in [6.07, 6.45) is 4.37. The molecular weight excluding hydrogens is 476 g/mol. The van der Waals surface area contributed by atoms with Crippen molar-refractivity contribution >= 4 is 23.6 Å². The maximum Gasteiger partial charge on any atom is 0.410 e. The number of amides is 1. The molecule has 0 aromatic carbocycles. The van der Waals surface area contributed by atoms with Gasteiger partial charge in [-0.25, -0.2) is 18.3 Å². The standard InChI is InChI=1S/C23H33F2N7O4/c1-4-16-20(19-14(10-18(33)34)6-5-7-27-19)32(9-8-26-16)21-17(31(3)29-28-21)13-36-22(35)30(2)15-11-23(24,25)12-15/h8-9,14-15,19-20,27H,4-7,10-13H2,1-3H3,(H,33,34)/t14?,19-,20?/m1/s1. The Hall–Kier alpha value is -3.09. The number of aryl methyl sites for hydroxylation is 1. The van der Waals surface area contributed by atoms with E-state index < -0.39 is 24.0 Å². The van der Waals surface area contributed by atoms with Crippen molar-refractivity contribution in [2.24, 2.45) is 18.0 Å². The van der Waals surface area contributed by atoms with Gasteiger partial charge in [-0.3, -0.25) is 9.79 Å². The molecule has 1 aromatic heterocycles. The van der Waals surface area contributed by atoms with Gasteiger partial charge in [0.25, 0.3) is 5.92 Å². The topological polar surface area (TPSA) is 125 Å². The second-order valence-corrected chi connectivity index (χ2v) is 9.67. The van der Waals surface area contributed by atoms with Crippen LogP contribution < -0.4 is 10.2 Å². The lowest BCUT2D eigenvalue weighted by molar-refractivity contribution is -0.138. The van der Waals surface area contributed by atoms with E-state index in [-0.39, 0.29) is 43.9 Å². The van der Waals surface area contributed by atoms with Gasteiger partial charge in [0.05, 0.1) is 6.04 Å². The fourth-order valence-electron chi connectivity index (χ4n) is 5.22. The Kier molecular flexibility index (Phi) is 7.57. The highest BCUT2D eigenvalue weighted by Crippen LogP contribution is 2.40. The number of carboxylic acid groups (broad SMARTS) is 1. The number of aromatic nitrogens is 3. The number of aliphatic carboxylic acids is 1. The van der Waals surface area contributed by atoms with E-state index in [0.717, 1.165) is 25.1 Å². The minimum atomic E-state index is -2.74. The fraction of sp³-hybridized carbons (Fsp3) is 0.696. The molecule has 2 unspecified atom stereocenters. The molecule has 36 heavy (non-hydrogen) atoms. The molecule has 2 N–H and O–H groups in total. The van der Waals surface area contributed by atoms with Crippen molar-refractivity contribution in [2.75, 3.05) is 18.5 Å². The number of carbonyl (C=O) groups excluding carboxylic acids is 1. The number of piperidine rings is 1. The van der Waals surface area contributed by atoms with Gasteiger partial charge < -0.3 is 25.0 Å². The number of rotatable bonds is 8. The molecule has 3 aliphatic rings. The molecule has 13 heteroatoms. The Morgan fingerprint density at radius 3 is 2.78 bits per heavy atom. The number of ether oxygens (including phenoxy) is 1. The molecule has 1 saturated heterocycles. The Balaban J connectivity index is 1.54. The summed E-state index contributed by atoms with van der Waals surface area (Å²) in [6.45, 7) is 2.61. The molecule has 198 valence electrons. The normalized spacial score (nSPS) is 25.8. The van der Waals surface area contributed by atoms with E-state index in [9.17, 15) is 23.5 Å². The first-order valence-electron chi connectivity index (χ1n) is 12.2. The summed E-state index contributed by atoms with van der Waals surface area (Å²) in [6, 6.07) is -1.03. The molecule has 1 aromatic rings. The van der Waals surface area contributed by atoms with Crippen LogP contribution in [0.2, 0.25) is 0 Å². The number of nitrogens with one attached hydrogen (secondary N) is 1. The number of halogens is 2. The van der Waals surface area contributed by atoms with Crippen LogP contribution >= 0.6 is 0 Å². The number of aliphatic imine (C=N–C) groups is 1. The Morgan fingerprint density at radius 1 is 1.36 bits per heavy atom. The molecule has 0 radical (unpaired) electrons. The van der Waals surface area contributed by atoms with Crippen LogP contribution in [0.25, 0.3) is 0 Å². The molecule has 11 nitrogen and oxygen atoms in total. The Morgan fingerprint density at radius 2 is 2.11 bits per heavy atom. The molecule has 3 atom stereocenters. The van der Waals surface area contributed by atoms with Crippen LogP contribution in [0.3, 0.4) is 0 Å². The number of carbonyl (C=O) groups is 2. The first-order chi connectivity index (χ1) is 17.1. The van der Waals surface area contributed by atoms with Crippen molar-refractivity contribution in [3.63, 3.8) is 0 Å². The highest BCUT2D eigenvalue weighted by molar-refractivity contribution is 5.94. The third-order valence-corrected chi connectivity index (χ3v) is 7.29. The molecule has 1 saturated carbocycles. The van der Waals surface area contributed by atoms with Crippen molar-refractivity contribution in [3.8, 4) is 0 Å². The Labute approximate surface area is 208 Å². The van der Waals surface area contributed by atoms with Gasteiger partial charge in [-0.15, -0.1) is 5.10 Å². The monoisotopic (exact) mass is 509 g/mol. The van der Waals surface area contributed by atoms with Crippen LogP contribution in [0.5, 0.6) is 0 Å². The molecule has 2 aliphatic heterocycles. The van der Waals surface area contributed by atoms with E-state index in [1.54, 1.807) is 19.4 Å². The quantitative estimate of drug-likeness (QED) is 0.548. The van der Waals surface area contributed by atoms with Gasteiger partial charge in [0.2, 0.25) is 0 Å². The zero-order valence-electron chi connectivity index (χ0n) is 20.7. The number of nitrogens with zero attached hydrogens (tertiary/aromatic N) is 6. The summed E-state index contributed by atoms with van der Waals surface area (Å²) < 4.78 is 33.4. The second-order valence-electron chi connectivity index (χ2n) is 9.67. The van der Waals surface area contributed by atoms with Crippen molar-refractivity contribution < 1.29 is 28.2 Å². The zero-order valence-corrected chi connectivity index (χ0v) is 20.7.